The van der Waals surface area contributed by atoms with Crippen LogP contribution in [0.4, 0.5) is 0 Å². The first-order valence-electron chi connectivity index (χ1n) is 28.6. The van der Waals surface area contributed by atoms with Gasteiger partial charge in [0, 0.05) is 12.8 Å². The zero-order chi connectivity index (χ0) is 46.5. The smallest absolute Gasteiger partial charge is 0.305 e. The average molecular weight is 903 g/mol. The Bertz CT molecular complexity index is 997. The molecule has 3 N–H and O–H groups in total. The highest BCUT2D eigenvalue weighted by Gasteiger charge is 2.18. The first-order valence-corrected chi connectivity index (χ1v) is 28.6. The Balaban J connectivity index is 3.38. The molecule has 0 bridgehead atoms. The molecule has 0 fully saturated rings. The van der Waals surface area contributed by atoms with Crippen molar-refractivity contribution in [2.45, 2.75) is 321 Å². The molecule has 0 aliphatic heterocycles. The van der Waals surface area contributed by atoms with Crippen molar-refractivity contribution in [2.24, 2.45) is 0 Å². The zero-order valence-electron chi connectivity index (χ0n) is 43.0. The number of aliphatic hydroxyl groups excluding tert-OH is 2. The Morgan fingerprint density at radius 1 is 0.422 bits per heavy atom. The molecule has 0 aromatic rings. The van der Waals surface area contributed by atoms with E-state index in [9.17, 15) is 19.8 Å². The van der Waals surface area contributed by atoms with E-state index in [1.807, 2.05) is 6.08 Å². The molecule has 0 aromatic carbocycles. The lowest BCUT2D eigenvalue weighted by molar-refractivity contribution is -0.143. The first kappa shape index (κ1) is 62.3. The molecule has 0 aliphatic rings. The Labute approximate surface area is 399 Å². The summed E-state index contributed by atoms with van der Waals surface area (Å²) in [7, 11) is 0. The number of ether oxygens (including phenoxy) is 1. The molecule has 0 aliphatic carbocycles. The molecule has 378 valence electrons. The molecule has 0 aromatic heterocycles. The monoisotopic (exact) mass is 902 g/mol. The predicted octanol–water partition coefficient (Wildman–Crippen LogP) is 17.5. The molecule has 1 amide bonds. The molecular formula is C58H111NO5. The number of allylic oxidation sites excluding steroid dienone is 3. The van der Waals surface area contributed by atoms with Gasteiger partial charge in [-0.05, 0) is 57.8 Å². The van der Waals surface area contributed by atoms with Gasteiger partial charge in [0.1, 0.15) is 0 Å². The summed E-state index contributed by atoms with van der Waals surface area (Å²) >= 11 is 0. The van der Waals surface area contributed by atoms with E-state index in [0.29, 0.717) is 19.4 Å². The van der Waals surface area contributed by atoms with E-state index in [4.69, 9.17) is 4.74 Å². The van der Waals surface area contributed by atoms with Crippen LogP contribution in [0.15, 0.2) is 24.3 Å². The predicted molar refractivity (Wildman–Crippen MR) is 278 cm³/mol. The highest BCUT2D eigenvalue weighted by atomic mass is 16.5. The molecule has 2 atom stereocenters. The second kappa shape index (κ2) is 54.0. The molecule has 6 nitrogen and oxygen atoms in total. The molecule has 2 unspecified atom stereocenters. The molecule has 0 spiro atoms. The van der Waals surface area contributed by atoms with Gasteiger partial charge in [0.25, 0.3) is 0 Å². The zero-order valence-corrected chi connectivity index (χ0v) is 43.0. The number of hydrogen-bond donors (Lipinski definition) is 3. The fraction of sp³-hybridized carbons (Fsp3) is 0.897. The van der Waals surface area contributed by atoms with Crippen LogP contribution < -0.4 is 5.32 Å². The van der Waals surface area contributed by atoms with E-state index in [0.717, 1.165) is 44.9 Å². The average Bonchev–Trinajstić information content (AvgIpc) is 3.29. The second-order valence-electron chi connectivity index (χ2n) is 19.6. The Morgan fingerprint density at radius 2 is 0.734 bits per heavy atom. The van der Waals surface area contributed by atoms with Crippen LogP contribution in [-0.2, 0) is 14.3 Å². The number of rotatable bonds is 53. The van der Waals surface area contributed by atoms with Crippen LogP contribution in [0, 0.1) is 0 Å². The van der Waals surface area contributed by atoms with Crippen LogP contribution in [0.1, 0.15) is 309 Å². The normalized spacial score (nSPS) is 12.8. The Hall–Kier alpha value is -1.66. The molecule has 0 rings (SSSR count). The summed E-state index contributed by atoms with van der Waals surface area (Å²) in [6, 6.07) is -0.626. The number of carbonyl (C=O) groups excluding carboxylic acids is 2. The van der Waals surface area contributed by atoms with Crippen molar-refractivity contribution in [3.8, 4) is 0 Å². The fourth-order valence-corrected chi connectivity index (χ4v) is 8.81. The molecule has 0 radical (unpaired) electrons. The van der Waals surface area contributed by atoms with Gasteiger partial charge in [-0.2, -0.15) is 0 Å². The quantitative estimate of drug-likeness (QED) is 0.0321. The number of nitrogens with one attached hydrogen (secondary N) is 1. The van der Waals surface area contributed by atoms with Crippen molar-refractivity contribution in [1.29, 1.82) is 0 Å². The third-order valence-corrected chi connectivity index (χ3v) is 13.2. The summed E-state index contributed by atoms with van der Waals surface area (Å²) in [6.45, 7) is 4.88. The van der Waals surface area contributed by atoms with E-state index in [1.165, 1.54) is 238 Å². The van der Waals surface area contributed by atoms with Crippen molar-refractivity contribution >= 4 is 11.9 Å². The van der Waals surface area contributed by atoms with E-state index >= 15 is 0 Å². The topological polar surface area (TPSA) is 95.9 Å². The van der Waals surface area contributed by atoms with Crippen molar-refractivity contribution in [3.63, 3.8) is 0 Å². The summed E-state index contributed by atoms with van der Waals surface area (Å²) in [5.74, 6) is -0.0650. The third-order valence-electron chi connectivity index (χ3n) is 13.2. The van der Waals surface area contributed by atoms with E-state index < -0.39 is 12.1 Å². The summed E-state index contributed by atoms with van der Waals surface area (Å²) in [4.78, 5) is 24.4. The van der Waals surface area contributed by atoms with Crippen molar-refractivity contribution in [1.82, 2.24) is 5.32 Å². The maximum Gasteiger partial charge on any atom is 0.305 e. The van der Waals surface area contributed by atoms with Gasteiger partial charge in [0.15, 0.2) is 0 Å². The van der Waals surface area contributed by atoms with Gasteiger partial charge in [-0.15, -0.1) is 0 Å². The van der Waals surface area contributed by atoms with Gasteiger partial charge in [-0.3, -0.25) is 9.59 Å². The first-order chi connectivity index (χ1) is 31.5. The summed E-state index contributed by atoms with van der Waals surface area (Å²) in [5, 5.41) is 23.0. The minimum absolute atomic E-state index is 0.00402. The summed E-state index contributed by atoms with van der Waals surface area (Å²) in [6.07, 6.45) is 64.9. The highest BCUT2D eigenvalue weighted by Crippen LogP contribution is 2.17. The lowest BCUT2D eigenvalue weighted by Gasteiger charge is -2.20. The van der Waals surface area contributed by atoms with Crippen LogP contribution in [-0.4, -0.2) is 47.4 Å². The van der Waals surface area contributed by atoms with Crippen LogP contribution >= 0.6 is 0 Å². The standard InChI is InChI=1S/C58H111NO5/c1-3-5-7-9-11-13-15-16-28-32-36-40-44-48-52-58(63)64-53-49-45-41-37-33-29-26-24-22-20-18-17-19-21-23-25-27-31-35-39-43-47-51-57(62)59-55(54-60)56(61)50-46-42-38-34-30-14-12-10-8-6-4-2/h15-16,46,50,55-56,60-61H,3-14,17-45,47-49,51-54H2,1-2H3,(H,59,62)/b16-15-,50-46+. The largest absolute Gasteiger partial charge is 0.466 e. The third kappa shape index (κ3) is 49.8. The number of hydrogen-bond acceptors (Lipinski definition) is 5. The Kier molecular flexibility index (Phi) is 52.6. The Morgan fingerprint density at radius 3 is 1.11 bits per heavy atom. The molecular weight excluding hydrogens is 791 g/mol. The van der Waals surface area contributed by atoms with Crippen LogP contribution in [0.3, 0.4) is 0 Å². The maximum atomic E-state index is 12.4. The molecule has 0 heterocycles. The molecule has 6 heteroatoms. The van der Waals surface area contributed by atoms with Crippen molar-refractivity contribution < 1.29 is 24.5 Å². The lowest BCUT2D eigenvalue weighted by Crippen LogP contribution is -2.45. The van der Waals surface area contributed by atoms with E-state index in [1.54, 1.807) is 6.08 Å². The van der Waals surface area contributed by atoms with Crippen LogP contribution in [0.25, 0.3) is 0 Å². The van der Waals surface area contributed by atoms with E-state index in [2.05, 4.69) is 31.3 Å². The van der Waals surface area contributed by atoms with Gasteiger partial charge >= 0.3 is 5.97 Å². The number of amides is 1. The molecule has 0 saturated heterocycles. The number of aliphatic hydroxyl groups is 2. The number of esters is 1. The van der Waals surface area contributed by atoms with Crippen LogP contribution in [0.5, 0.6) is 0 Å². The summed E-state index contributed by atoms with van der Waals surface area (Å²) in [5.41, 5.74) is 0. The van der Waals surface area contributed by atoms with Crippen LogP contribution in [0.2, 0.25) is 0 Å². The highest BCUT2D eigenvalue weighted by molar-refractivity contribution is 5.76. The minimum atomic E-state index is -0.842. The van der Waals surface area contributed by atoms with Gasteiger partial charge in [0.2, 0.25) is 5.91 Å². The molecule has 64 heavy (non-hydrogen) atoms. The SMILES string of the molecule is CCCCCCC/C=C\CCCCCCCC(=O)OCCCCCCCCCCCCCCCCCCCCCCCCC(=O)NC(CO)C(O)/C=C/CCCCCCCCCCC. The number of carbonyl (C=O) groups is 2. The van der Waals surface area contributed by atoms with Crippen molar-refractivity contribution in [2.75, 3.05) is 13.2 Å². The minimum Gasteiger partial charge on any atom is -0.466 e. The second-order valence-corrected chi connectivity index (χ2v) is 19.6. The van der Waals surface area contributed by atoms with Gasteiger partial charge in [-0.25, -0.2) is 0 Å². The fourth-order valence-electron chi connectivity index (χ4n) is 8.81. The van der Waals surface area contributed by atoms with Gasteiger partial charge in [0.05, 0.1) is 25.4 Å². The summed E-state index contributed by atoms with van der Waals surface area (Å²) < 4.78 is 5.47. The maximum absolute atomic E-state index is 12.4. The lowest BCUT2D eigenvalue weighted by atomic mass is 10.0. The van der Waals surface area contributed by atoms with Gasteiger partial charge in [-0.1, -0.05) is 263 Å². The van der Waals surface area contributed by atoms with Gasteiger partial charge < -0.3 is 20.3 Å². The van der Waals surface area contributed by atoms with Crippen molar-refractivity contribution in [3.05, 3.63) is 24.3 Å². The van der Waals surface area contributed by atoms with E-state index in [-0.39, 0.29) is 18.5 Å². The molecule has 0 saturated carbocycles. The number of unbranched alkanes of at least 4 members (excludes halogenated alkanes) is 40.